The summed E-state index contributed by atoms with van der Waals surface area (Å²) in [6, 6.07) is 8.74. The molecular weight excluding hydrogens is 374 g/mol. The van der Waals surface area contributed by atoms with Gasteiger partial charge in [0, 0.05) is 19.6 Å². The van der Waals surface area contributed by atoms with Crippen molar-refractivity contribution in [3.05, 3.63) is 73.8 Å². The third kappa shape index (κ3) is 3.97. The topological polar surface area (TPSA) is 114 Å². The maximum Gasteiger partial charge on any atom is 0.349 e. The standard InChI is InChI=1S/C21H21N3O5/c1-12-11-16(15-7-4-10-28-15)29-21(27)18(12)20(26)22-9-8-17-23-14-6-3-2-5-13(14)19(25)24-17/h2-3,5-6,11,15H,4,7-10H2,1H3,(H,22,26)(H,23,24,25). The first-order valence-electron chi connectivity index (χ1n) is 9.55. The molecule has 1 saturated heterocycles. The molecule has 0 bridgehead atoms. The summed E-state index contributed by atoms with van der Waals surface area (Å²) in [5, 5.41) is 3.21. The lowest BCUT2D eigenvalue weighted by Gasteiger charge is -2.11. The highest BCUT2D eigenvalue weighted by atomic mass is 16.5. The second-order valence-electron chi connectivity index (χ2n) is 7.03. The van der Waals surface area contributed by atoms with Crippen molar-refractivity contribution in [2.24, 2.45) is 0 Å². The van der Waals surface area contributed by atoms with Crippen LogP contribution in [0.4, 0.5) is 0 Å². The van der Waals surface area contributed by atoms with Gasteiger partial charge in [-0.2, -0.15) is 0 Å². The van der Waals surface area contributed by atoms with Crippen LogP contribution in [-0.2, 0) is 11.2 Å². The molecule has 0 radical (unpaired) electrons. The number of ether oxygens (including phenoxy) is 1. The van der Waals surface area contributed by atoms with Gasteiger partial charge in [0.05, 0.1) is 10.9 Å². The van der Waals surface area contributed by atoms with Crippen molar-refractivity contribution < 1.29 is 13.9 Å². The molecule has 8 nitrogen and oxygen atoms in total. The average molecular weight is 395 g/mol. The Morgan fingerprint density at radius 2 is 2.14 bits per heavy atom. The molecule has 8 heteroatoms. The van der Waals surface area contributed by atoms with E-state index in [1.54, 1.807) is 31.2 Å². The van der Waals surface area contributed by atoms with E-state index in [0.29, 0.717) is 41.1 Å². The van der Waals surface area contributed by atoms with Crippen LogP contribution in [0, 0.1) is 6.92 Å². The molecule has 3 heterocycles. The molecule has 1 aliphatic rings. The van der Waals surface area contributed by atoms with Crippen LogP contribution in [0.3, 0.4) is 0 Å². The largest absolute Gasteiger partial charge is 0.424 e. The van der Waals surface area contributed by atoms with E-state index in [2.05, 4.69) is 15.3 Å². The Hall–Kier alpha value is -3.26. The molecule has 4 rings (SSSR count). The summed E-state index contributed by atoms with van der Waals surface area (Å²) in [5.74, 6) is 0.407. The van der Waals surface area contributed by atoms with E-state index in [1.165, 1.54) is 0 Å². The minimum absolute atomic E-state index is 0.0216. The maximum atomic E-state index is 12.5. The zero-order valence-corrected chi connectivity index (χ0v) is 16.0. The van der Waals surface area contributed by atoms with Gasteiger partial charge in [0.2, 0.25) is 0 Å². The van der Waals surface area contributed by atoms with E-state index in [0.717, 1.165) is 12.8 Å². The number of nitrogens with one attached hydrogen (secondary N) is 2. The summed E-state index contributed by atoms with van der Waals surface area (Å²) in [7, 11) is 0. The van der Waals surface area contributed by atoms with E-state index in [-0.39, 0.29) is 23.8 Å². The van der Waals surface area contributed by atoms with Crippen LogP contribution in [0.1, 0.15) is 46.5 Å². The summed E-state index contributed by atoms with van der Waals surface area (Å²) in [5.41, 5.74) is 0.218. The number of aromatic nitrogens is 2. The van der Waals surface area contributed by atoms with Crippen LogP contribution in [0.2, 0.25) is 0 Å². The number of carbonyl (C=O) groups is 1. The Labute approximate surface area is 165 Å². The minimum atomic E-state index is -0.676. The quantitative estimate of drug-likeness (QED) is 0.683. The van der Waals surface area contributed by atoms with Crippen molar-refractivity contribution in [3.8, 4) is 0 Å². The van der Waals surface area contributed by atoms with Crippen molar-refractivity contribution in [1.29, 1.82) is 0 Å². The lowest BCUT2D eigenvalue weighted by atomic mass is 10.1. The molecule has 1 unspecified atom stereocenters. The zero-order chi connectivity index (χ0) is 20.4. The van der Waals surface area contributed by atoms with E-state index in [4.69, 9.17) is 9.15 Å². The molecule has 0 saturated carbocycles. The first-order chi connectivity index (χ1) is 14.0. The average Bonchev–Trinajstić information content (AvgIpc) is 3.22. The minimum Gasteiger partial charge on any atom is -0.424 e. The number of hydrogen-bond donors (Lipinski definition) is 2. The summed E-state index contributed by atoms with van der Waals surface area (Å²) >= 11 is 0. The molecule has 0 aliphatic carbocycles. The van der Waals surface area contributed by atoms with Gasteiger partial charge in [-0.25, -0.2) is 9.78 Å². The highest BCUT2D eigenvalue weighted by Crippen LogP contribution is 2.28. The SMILES string of the molecule is Cc1cc(C2CCCO2)oc(=O)c1C(=O)NCCc1nc2ccccc2c(=O)[nH]1. The number of nitrogens with zero attached hydrogens (tertiary/aromatic N) is 1. The Bertz CT molecular complexity index is 1170. The van der Waals surface area contributed by atoms with Crippen molar-refractivity contribution in [1.82, 2.24) is 15.3 Å². The fourth-order valence-electron chi connectivity index (χ4n) is 3.50. The van der Waals surface area contributed by atoms with Crippen molar-refractivity contribution in [3.63, 3.8) is 0 Å². The summed E-state index contributed by atoms with van der Waals surface area (Å²) in [6.07, 6.45) is 1.81. The second-order valence-corrected chi connectivity index (χ2v) is 7.03. The first kappa shape index (κ1) is 19.1. The van der Waals surface area contributed by atoms with E-state index in [9.17, 15) is 14.4 Å². The number of aryl methyl sites for hydroxylation is 1. The molecule has 150 valence electrons. The summed E-state index contributed by atoms with van der Waals surface area (Å²) in [4.78, 5) is 44.0. The van der Waals surface area contributed by atoms with Gasteiger partial charge in [0.25, 0.3) is 11.5 Å². The van der Waals surface area contributed by atoms with Gasteiger partial charge in [0.15, 0.2) is 0 Å². The molecular formula is C21H21N3O5. The molecule has 29 heavy (non-hydrogen) atoms. The Morgan fingerprint density at radius 3 is 2.90 bits per heavy atom. The molecule has 1 aliphatic heterocycles. The maximum absolute atomic E-state index is 12.5. The molecule has 3 aromatic rings. The Balaban J connectivity index is 1.45. The fourth-order valence-corrected chi connectivity index (χ4v) is 3.50. The third-order valence-electron chi connectivity index (χ3n) is 4.95. The summed E-state index contributed by atoms with van der Waals surface area (Å²) < 4.78 is 10.9. The molecule has 1 fully saturated rings. The molecule has 2 N–H and O–H groups in total. The van der Waals surface area contributed by atoms with Crippen LogP contribution in [0.15, 0.2) is 44.3 Å². The number of hydrogen-bond acceptors (Lipinski definition) is 6. The monoisotopic (exact) mass is 395 g/mol. The van der Waals surface area contributed by atoms with Gasteiger partial charge < -0.3 is 19.5 Å². The van der Waals surface area contributed by atoms with Crippen LogP contribution >= 0.6 is 0 Å². The lowest BCUT2D eigenvalue weighted by Crippen LogP contribution is -2.31. The van der Waals surface area contributed by atoms with Crippen LogP contribution in [-0.4, -0.2) is 29.0 Å². The van der Waals surface area contributed by atoms with Crippen molar-refractivity contribution in [2.45, 2.75) is 32.3 Å². The second kappa shape index (κ2) is 8.00. The summed E-state index contributed by atoms with van der Waals surface area (Å²) in [6.45, 7) is 2.56. The number of benzene rings is 1. The van der Waals surface area contributed by atoms with Crippen molar-refractivity contribution in [2.75, 3.05) is 13.2 Å². The number of para-hydroxylation sites is 1. The first-order valence-corrected chi connectivity index (χ1v) is 9.55. The van der Waals surface area contributed by atoms with Gasteiger partial charge in [-0.3, -0.25) is 9.59 Å². The number of aromatic amines is 1. The van der Waals surface area contributed by atoms with Gasteiger partial charge >= 0.3 is 5.63 Å². The molecule has 1 aromatic carbocycles. The molecule has 1 amide bonds. The fraction of sp³-hybridized carbons (Fsp3) is 0.333. The predicted octanol–water partition coefficient (Wildman–Crippen LogP) is 2.01. The smallest absolute Gasteiger partial charge is 0.349 e. The van der Waals surface area contributed by atoms with E-state index < -0.39 is 11.5 Å². The Kier molecular flexibility index (Phi) is 5.26. The van der Waals surface area contributed by atoms with Gasteiger partial charge in [-0.1, -0.05) is 12.1 Å². The third-order valence-corrected chi connectivity index (χ3v) is 4.95. The van der Waals surface area contributed by atoms with Crippen LogP contribution in [0.5, 0.6) is 0 Å². The van der Waals surface area contributed by atoms with Gasteiger partial charge in [-0.15, -0.1) is 0 Å². The number of fused-ring (bicyclic) bond motifs is 1. The molecule has 0 spiro atoms. The molecule has 2 aromatic heterocycles. The Morgan fingerprint density at radius 1 is 1.31 bits per heavy atom. The number of amides is 1. The predicted molar refractivity (Wildman–Crippen MR) is 106 cm³/mol. The molecule has 1 atom stereocenters. The lowest BCUT2D eigenvalue weighted by molar-refractivity contribution is 0.0883. The normalized spacial score (nSPS) is 16.2. The van der Waals surface area contributed by atoms with E-state index in [1.807, 2.05) is 6.07 Å². The number of H-pyrrole nitrogens is 1. The number of rotatable bonds is 5. The van der Waals surface area contributed by atoms with E-state index >= 15 is 0 Å². The highest BCUT2D eigenvalue weighted by molar-refractivity contribution is 5.95. The zero-order valence-electron chi connectivity index (χ0n) is 16.0. The van der Waals surface area contributed by atoms with Crippen molar-refractivity contribution >= 4 is 16.8 Å². The van der Waals surface area contributed by atoms with Crippen LogP contribution in [0.25, 0.3) is 10.9 Å². The van der Waals surface area contributed by atoms with Gasteiger partial charge in [-0.05, 0) is 43.5 Å². The van der Waals surface area contributed by atoms with Gasteiger partial charge in [0.1, 0.15) is 23.3 Å². The number of carbonyl (C=O) groups excluding carboxylic acids is 1. The van der Waals surface area contributed by atoms with Crippen LogP contribution < -0.4 is 16.5 Å². The highest BCUT2D eigenvalue weighted by Gasteiger charge is 2.24.